The molecule has 2 rings (SSSR count). The number of nitrogens with one attached hydrogen (secondary N) is 1. The molecule has 1 aromatic carbocycles. The molecule has 0 saturated heterocycles. The number of halogens is 1. The average Bonchev–Trinajstić information content (AvgIpc) is 2.57. The predicted octanol–water partition coefficient (Wildman–Crippen LogP) is 2.21. The summed E-state index contributed by atoms with van der Waals surface area (Å²) in [6.07, 6.45) is 0. The fourth-order valence-corrected chi connectivity index (χ4v) is 1.56. The standard InChI is InChI=1S/C11H13FN4/c1-7-14-10(13)11(15-7)16(2)9-5-3-4-8(12)6-9/h3-6H,13H2,1-2H3,(H,14,15). The first-order valence-electron chi connectivity index (χ1n) is 4.89. The van der Waals surface area contributed by atoms with Crippen molar-refractivity contribution in [3.05, 3.63) is 35.9 Å². The summed E-state index contributed by atoms with van der Waals surface area (Å²) >= 11 is 0. The molecule has 5 heteroatoms. The number of benzene rings is 1. The molecule has 0 unspecified atom stereocenters. The maximum atomic E-state index is 13.1. The molecule has 0 spiro atoms. The Morgan fingerprint density at radius 2 is 2.19 bits per heavy atom. The van der Waals surface area contributed by atoms with E-state index in [1.54, 1.807) is 24.1 Å². The number of aryl methyl sites for hydroxylation is 1. The molecule has 0 fully saturated rings. The summed E-state index contributed by atoms with van der Waals surface area (Å²) in [5, 5.41) is 0. The Morgan fingerprint density at radius 3 is 2.75 bits per heavy atom. The van der Waals surface area contributed by atoms with Crippen LogP contribution in [0.25, 0.3) is 0 Å². The molecule has 84 valence electrons. The fraction of sp³-hybridized carbons (Fsp3) is 0.182. The van der Waals surface area contributed by atoms with Gasteiger partial charge in [-0.25, -0.2) is 9.37 Å². The average molecular weight is 220 g/mol. The molecule has 1 heterocycles. The molecule has 0 radical (unpaired) electrons. The molecule has 0 atom stereocenters. The van der Waals surface area contributed by atoms with Crippen LogP contribution < -0.4 is 10.6 Å². The molecule has 4 nitrogen and oxygen atoms in total. The van der Waals surface area contributed by atoms with Gasteiger partial charge in [0.05, 0.1) is 0 Å². The number of nitrogen functional groups attached to an aromatic ring is 1. The summed E-state index contributed by atoms with van der Waals surface area (Å²) in [6.45, 7) is 1.82. The second-order valence-electron chi connectivity index (χ2n) is 3.60. The minimum atomic E-state index is -0.282. The molecule has 0 saturated carbocycles. The Morgan fingerprint density at radius 1 is 1.44 bits per heavy atom. The van der Waals surface area contributed by atoms with Crippen molar-refractivity contribution >= 4 is 17.3 Å². The number of H-pyrrole nitrogens is 1. The third-order valence-electron chi connectivity index (χ3n) is 2.34. The van der Waals surface area contributed by atoms with Crippen molar-refractivity contribution in [2.75, 3.05) is 17.7 Å². The lowest BCUT2D eigenvalue weighted by Gasteiger charge is -2.17. The summed E-state index contributed by atoms with van der Waals surface area (Å²) in [5.41, 5.74) is 6.47. The number of nitrogens with zero attached hydrogens (tertiary/aromatic N) is 2. The summed E-state index contributed by atoms with van der Waals surface area (Å²) in [5.74, 6) is 1.53. The Hall–Kier alpha value is -2.04. The van der Waals surface area contributed by atoms with Gasteiger partial charge in [0.2, 0.25) is 0 Å². The van der Waals surface area contributed by atoms with Gasteiger partial charge in [-0.05, 0) is 25.1 Å². The van der Waals surface area contributed by atoms with E-state index in [0.29, 0.717) is 17.3 Å². The van der Waals surface area contributed by atoms with Gasteiger partial charge in [-0.3, -0.25) is 0 Å². The highest BCUT2D eigenvalue weighted by atomic mass is 19.1. The van der Waals surface area contributed by atoms with E-state index in [1.165, 1.54) is 12.1 Å². The Kier molecular flexibility index (Phi) is 2.52. The Bertz CT molecular complexity index is 506. The summed E-state index contributed by atoms with van der Waals surface area (Å²) < 4.78 is 13.1. The van der Waals surface area contributed by atoms with Gasteiger partial charge in [0, 0.05) is 12.7 Å². The van der Waals surface area contributed by atoms with Gasteiger partial charge in [0.1, 0.15) is 17.5 Å². The van der Waals surface area contributed by atoms with Crippen LogP contribution in [0.5, 0.6) is 0 Å². The van der Waals surface area contributed by atoms with E-state index in [4.69, 9.17) is 5.73 Å². The lowest BCUT2D eigenvalue weighted by Crippen LogP contribution is -2.11. The minimum absolute atomic E-state index is 0.282. The number of hydrogen-bond acceptors (Lipinski definition) is 3. The van der Waals surface area contributed by atoms with Crippen LogP contribution in [0.4, 0.5) is 21.7 Å². The van der Waals surface area contributed by atoms with Crippen molar-refractivity contribution in [2.45, 2.75) is 6.92 Å². The normalized spacial score (nSPS) is 10.4. The molecule has 0 aliphatic rings. The smallest absolute Gasteiger partial charge is 0.175 e. The van der Waals surface area contributed by atoms with Crippen LogP contribution >= 0.6 is 0 Å². The Labute approximate surface area is 92.9 Å². The van der Waals surface area contributed by atoms with Crippen LogP contribution in [0.1, 0.15) is 5.82 Å². The van der Waals surface area contributed by atoms with E-state index in [0.717, 1.165) is 5.82 Å². The molecule has 0 aliphatic heterocycles. The zero-order valence-electron chi connectivity index (χ0n) is 9.16. The number of nitrogens with two attached hydrogens (primary N) is 1. The van der Waals surface area contributed by atoms with E-state index in [9.17, 15) is 4.39 Å². The first-order valence-corrected chi connectivity index (χ1v) is 4.89. The third kappa shape index (κ3) is 1.84. The number of aromatic nitrogens is 2. The first-order chi connectivity index (χ1) is 7.58. The van der Waals surface area contributed by atoms with Gasteiger partial charge in [-0.1, -0.05) is 6.07 Å². The van der Waals surface area contributed by atoms with Crippen molar-refractivity contribution in [1.82, 2.24) is 9.97 Å². The van der Waals surface area contributed by atoms with Crippen molar-refractivity contribution in [1.29, 1.82) is 0 Å². The van der Waals surface area contributed by atoms with Crippen molar-refractivity contribution in [2.24, 2.45) is 0 Å². The maximum absolute atomic E-state index is 13.1. The van der Waals surface area contributed by atoms with E-state index in [2.05, 4.69) is 9.97 Å². The Balaban J connectivity index is 2.38. The number of imidazole rings is 1. The number of anilines is 3. The molecule has 3 N–H and O–H groups in total. The summed E-state index contributed by atoms with van der Waals surface area (Å²) in [7, 11) is 1.79. The monoisotopic (exact) mass is 220 g/mol. The zero-order valence-corrected chi connectivity index (χ0v) is 9.16. The quantitative estimate of drug-likeness (QED) is 0.815. The number of aromatic amines is 1. The third-order valence-corrected chi connectivity index (χ3v) is 2.34. The van der Waals surface area contributed by atoms with Crippen LogP contribution in [0.3, 0.4) is 0 Å². The van der Waals surface area contributed by atoms with Gasteiger partial charge in [-0.15, -0.1) is 0 Å². The first kappa shape index (κ1) is 10.5. The second-order valence-corrected chi connectivity index (χ2v) is 3.60. The minimum Gasteiger partial charge on any atom is -0.382 e. The van der Waals surface area contributed by atoms with Gasteiger partial charge in [0.15, 0.2) is 5.82 Å². The SMILES string of the molecule is Cc1nc(N(C)c2cccc(F)c2)c(N)[nH]1. The molecular weight excluding hydrogens is 207 g/mol. The lowest BCUT2D eigenvalue weighted by molar-refractivity contribution is 0.628. The number of rotatable bonds is 2. The van der Waals surface area contributed by atoms with Crippen LogP contribution in [-0.2, 0) is 0 Å². The fourth-order valence-electron chi connectivity index (χ4n) is 1.56. The number of hydrogen-bond donors (Lipinski definition) is 2. The van der Waals surface area contributed by atoms with Crippen LogP contribution in [0, 0.1) is 12.7 Å². The molecular formula is C11H13FN4. The summed E-state index contributed by atoms with van der Waals surface area (Å²) in [4.78, 5) is 8.88. The predicted molar refractivity (Wildman–Crippen MR) is 62.2 cm³/mol. The maximum Gasteiger partial charge on any atom is 0.175 e. The topological polar surface area (TPSA) is 57.9 Å². The molecule has 1 aromatic heterocycles. The van der Waals surface area contributed by atoms with E-state index in [-0.39, 0.29) is 5.82 Å². The van der Waals surface area contributed by atoms with Gasteiger partial charge >= 0.3 is 0 Å². The van der Waals surface area contributed by atoms with E-state index in [1.807, 2.05) is 6.92 Å². The molecule has 0 aliphatic carbocycles. The van der Waals surface area contributed by atoms with Crippen LogP contribution in [-0.4, -0.2) is 17.0 Å². The van der Waals surface area contributed by atoms with E-state index >= 15 is 0 Å². The van der Waals surface area contributed by atoms with Crippen LogP contribution in [0.15, 0.2) is 24.3 Å². The van der Waals surface area contributed by atoms with Gasteiger partial charge < -0.3 is 15.6 Å². The highest BCUT2D eigenvalue weighted by Crippen LogP contribution is 2.26. The van der Waals surface area contributed by atoms with Crippen LogP contribution in [0.2, 0.25) is 0 Å². The van der Waals surface area contributed by atoms with Gasteiger partial charge in [-0.2, -0.15) is 0 Å². The molecule has 2 aromatic rings. The van der Waals surface area contributed by atoms with E-state index < -0.39 is 0 Å². The highest BCUT2D eigenvalue weighted by molar-refractivity contribution is 5.68. The largest absolute Gasteiger partial charge is 0.382 e. The molecule has 0 bridgehead atoms. The molecule has 0 amide bonds. The second kappa shape index (κ2) is 3.84. The summed E-state index contributed by atoms with van der Waals surface area (Å²) in [6, 6.07) is 6.28. The lowest BCUT2D eigenvalue weighted by atomic mass is 10.3. The highest BCUT2D eigenvalue weighted by Gasteiger charge is 2.12. The molecule has 16 heavy (non-hydrogen) atoms. The van der Waals surface area contributed by atoms with Crippen molar-refractivity contribution < 1.29 is 4.39 Å². The van der Waals surface area contributed by atoms with Gasteiger partial charge in [0.25, 0.3) is 0 Å². The zero-order chi connectivity index (χ0) is 11.7. The van der Waals surface area contributed by atoms with Crippen molar-refractivity contribution in [3.63, 3.8) is 0 Å². The van der Waals surface area contributed by atoms with Crippen molar-refractivity contribution in [3.8, 4) is 0 Å².